The molecule has 19 heavy (non-hydrogen) atoms. The molecule has 2 rings (SSSR count). The van der Waals surface area contributed by atoms with Crippen molar-refractivity contribution in [3.05, 3.63) is 34.9 Å². The zero-order chi connectivity index (χ0) is 13.8. The first-order valence-corrected chi connectivity index (χ1v) is 6.03. The number of carbonyl (C=O) groups excluding carboxylic acids is 1. The molecule has 0 spiro atoms. The first-order valence-electron chi connectivity index (χ1n) is 5.65. The molecule has 0 atom stereocenters. The minimum absolute atomic E-state index is 0.162. The van der Waals surface area contributed by atoms with Crippen LogP contribution in [0.4, 0.5) is 17.3 Å². The minimum atomic E-state index is -0.523. The van der Waals surface area contributed by atoms with Crippen molar-refractivity contribution in [1.29, 1.82) is 0 Å². The first kappa shape index (κ1) is 13.2. The van der Waals surface area contributed by atoms with Crippen molar-refractivity contribution in [2.45, 2.75) is 6.92 Å². The number of hydrogen-bond donors (Lipinski definition) is 3. The van der Waals surface area contributed by atoms with E-state index in [0.717, 1.165) is 5.69 Å². The van der Waals surface area contributed by atoms with Crippen LogP contribution in [0.25, 0.3) is 0 Å². The summed E-state index contributed by atoms with van der Waals surface area (Å²) in [6, 6.07) is 6.98. The van der Waals surface area contributed by atoms with Crippen LogP contribution in [-0.2, 0) is 4.74 Å². The van der Waals surface area contributed by atoms with Crippen molar-refractivity contribution >= 4 is 34.9 Å². The summed E-state index contributed by atoms with van der Waals surface area (Å²) in [6.45, 7) is 1.99. The number of halogens is 1. The van der Waals surface area contributed by atoms with Gasteiger partial charge < -0.3 is 15.8 Å². The summed E-state index contributed by atoms with van der Waals surface area (Å²) in [5, 5.41) is 10.1. The van der Waals surface area contributed by atoms with Gasteiger partial charge in [-0.3, -0.25) is 5.10 Å². The Morgan fingerprint density at radius 2 is 2.16 bits per heavy atom. The molecule has 0 amide bonds. The molecule has 0 radical (unpaired) electrons. The highest BCUT2D eigenvalue weighted by Crippen LogP contribution is 2.24. The predicted molar refractivity (Wildman–Crippen MR) is 73.7 cm³/mol. The van der Waals surface area contributed by atoms with Crippen molar-refractivity contribution in [2.75, 3.05) is 17.7 Å². The quantitative estimate of drug-likeness (QED) is 0.749. The number of nitrogens with one attached hydrogen (secondary N) is 2. The summed E-state index contributed by atoms with van der Waals surface area (Å²) in [4.78, 5) is 11.8. The lowest BCUT2D eigenvalue weighted by atomic mass is 10.2. The molecule has 0 aliphatic rings. The number of hydrogen-bond acceptors (Lipinski definition) is 5. The Morgan fingerprint density at radius 3 is 2.79 bits per heavy atom. The molecule has 0 bridgehead atoms. The van der Waals surface area contributed by atoms with E-state index < -0.39 is 5.97 Å². The fourth-order valence-electron chi connectivity index (χ4n) is 1.53. The van der Waals surface area contributed by atoms with Crippen molar-refractivity contribution in [3.63, 3.8) is 0 Å². The Morgan fingerprint density at radius 1 is 1.47 bits per heavy atom. The van der Waals surface area contributed by atoms with Crippen LogP contribution in [0.2, 0.25) is 5.02 Å². The molecule has 0 unspecified atom stereocenters. The van der Waals surface area contributed by atoms with E-state index >= 15 is 0 Å². The van der Waals surface area contributed by atoms with Gasteiger partial charge in [-0.1, -0.05) is 11.6 Å². The number of aromatic nitrogens is 2. The van der Waals surface area contributed by atoms with Crippen LogP contribution in [0.3, 0.4) is 0 Å². The third-order valence-electron chi connectivity index (χ3n) is 2.38. The average Bonchev–Trinajstić information content (AvgIpc) is 2.74. The van der Waals surface area contributed by atoms with Gasteiger partial charge in [-0.2, -0.15) is 5.10 Å². The Hall–Kier alpha value is -2.21. The van der Waals surface area contributed by atoms with E-state index in [0.29, 0.717) is 10.8 Å². The number of nitrogens with zero attached hydrogens (tertiary/aromatic N) is 1. The normalized spacial score (nSPS) is 10.2. The predicted octanol–water partition coefficient (Wildman–Crippen LogP) is 2.57. The zero-order valence-electron chi connectivity index (χ0n) is 10.2. The second-order valence-electron chi connectivity index (χ2n) is 3.71. The van der Waals surface area contributed by atoms with Gasteiger partial charge in [0.25, 0.3) is 0 Å². The lowest BCUT2D eigenvalue weighted by molar-refractivity contribution is 0.0529. The summed E-state index contributed by atoms with van der Waals surface area (Å²) >= 11 is 5.80. The molecule has 0 saturated heterocycles. The fourth-order valence-corrected chi connectivity index (χ4v) is 1.65. The van der Waals surface area contributed by atoms with Crippen LogP contribution >= 0.6 is 11.6 Å². The van der Waals surface area contributed by atoms with Crippen molar-refractivity contribution in [1.82, 2.24) is 10.2 Å². The smallest absolute Gasteiger partial charge is 0.345 e. The van der Waals surface area contributed by atoms with E-state index in [1.54, 1.807) is 31.2 Å². The van der Waals surface area contributed by atoms with Gasteiger partial charge in [-0.15, -0.1) is 0 Å². The van der Waals surface area contributed by atoms with E-state index in [2.05, 4.69) is 15.5 Å². The summed E-state index contributed by atoms with van der Waals surface area (Å²) in [5.41, 5.74) is 6.60. The number of nitrogen functional groups attached to an aromatic ring is 1. The van der Waals surface area contributed by atoms with Gasteiger partial charge in [0.1, 0.15) is 11.4 Å². The second kappa shape index (κ2) is 5.62. The fraction of sp³-hybridized carbons (Fsp3) is 0.167. The molecule has 0 aliphatic carbocycles. The van der Waals surface area contributed by atoms with Crippen LogP contribution in [0.5, 0.6) is 0 Å². The van der Waals surface area contributed by atoms with Crippen molar-refractivity contribution < 1.29 is 9.53 Å². The maximum Gasteiger partial charge on any atom is 0.345 e. The molecule has 1 aromatic heterocycles. The van der Waals surface area contributed by atoms with Crippen LogP contribution in [0.15, 0.2) is 24.3 Å². The van der Waals surface area contributed by atoms with Gasteiger partial charge in [-0.25, -0.2) is 4.79 Å². The van der Waals surface area contributed by atoms with Crippen LogP contribution in [0, 0.1) is 0 Å². The molecule has 0 aliphatic heterocycles. The Labute approximate surface area is 114 Å². The Kier molecular flexibility index (Phi) is 3.91. The number of H-pyrrole nitrogens is 1. The standard InChI is InChI=1S/C12H13ClN4O2/c1-2-19-12(18)9-10(14)16-17-11(9)15-8-5-3-7(13)4-6-8/h3-6H,2H2,1H3,(H4,14,15,16,17). The molecule has 4 N–H and O–H groups in total. The molecular formula is C12H13ClN4O2. The zero-order valence-corrected chi connectivity index (χ0v) is 11.0. The minimum Gasteiger partial charge on any atom is -0.462 e. The summed E-state index contributed by atoms with van der Waals surface area (Å²) < 4.78 is 4.92. The van der Waals surface area contributed by atoms with Gasteiger partial charge in [0.2, 0.25) is 0 Å². The summed E-state index contributed by atoms with van der Waals surface area (Å²) in [6.07, 6.45) is 0. The number of ether oxygens (including phenoxy) is 1. The van der Waals surface area contributed by atoms with Gasteiger partial charge in [-0.05, 0) is 31.2 Å². The highest BCUT2D eigenvalue weighted by Gasteiger charge is 2.20. The number of anilines is 3. The number of nitrogens with two attached hydrogens (primary N) is 1. The third kappa shape index (κ3) is 2.97. The Bertz CT molecular complexity index is 580. The van der Waals surface area contributed by atoms with Crippen molar-refractivity contribution in [2.24, 2.45) is 0 Å². The molecule has 0 fully saturated rings. The van der Waals surface area contributed by atoms with E-state index in [1.807, 2.05) is 0 Å². The number of benzene rings is 1. The lowest BCUT2D eigenvalue weighted by Gasteiger charge is -2.06. The number of aromatic amines is 1. The molecular weight excluding hydrogens is 268 g/mol. The van der Waals surface area contributed by atoms with Crippen molar-refractivity contribution in [3.8, 4) is 0 Å². The average molecular weight is 281 g/mol. The molecule has 0 saturated carbocycles. The van der Waals surface area contributed by atoms with Crippen LogP contribution in [-0.4, -0.2) is 22.8 Å². The molecule has 1 heterocycles. The van der Waals surface area contributed by atoms with Gasteiger partial charge in [0.15, 0.2) is 5.82 Å². The molecule has 7 heteroatoms. The second-order valence-corrected chi connectivity index (χ2v) is 4.15. The molecule has 100 valence electrons. The topological polar surface area (TPSA) is 93.0 Å². The number of esters is 1. The monoisotopic (exact) mass is 280 g/mol. The summed E-state index contributed by atoms with van der Waals surface area (Å²) in [7, 11) is 0. The molecule has 6 nitrogen and oxygen atoms in total. The van der Waals surface area contributed by atoms with E-state index in [-0.39, 0.29) is 18.0 Å². The largest absolute Gasteiger partial charge is 0.462 e. The highest BCUT2D eigenvalue weighted by atomic mass is 35.5. The van der Waals surface area contributed by atoms with Gasteiger partial charge >= 0.3 is 5.97 Å². The first-order chi connectivity index (χ1) is 9.11. The lowest BCUT2D eigenvalue weighted by Crippen LogP contribution is -2.08. The maximum absolute atomic E-state index is 11.8. The molecule has 1 aromatic carbocycles. The SMILES string of the molecule is CCOC(=O)c1c(Nc2ccc(Cl)cc2)n[nH]c1N. The number of carbonyl (C=O) groups is 1. The third-order valence-corrected chi connectivity index (χ3v) is 2.63. The Balaban J connectivity index is 2.25. The van der Waals surface area contributed by atoms with E-state index in [1.165, 1.54) is 0 Å². The van der Waals surface area contributed by atoms with Gasteiger partial charge in [0.05, 0.1) is 6.61 Å². The van der Waals surface area contributed by atoms with E-state index in [4.69, 9.17) is 22.1 Å². The van der Waals surface area contributed by atoms with E-state index in [9.17, 15) is 4.79 Å². The van der Waals surface area contributed by atoms with Crippen LogP contribution < -0.4 is 11.1 Å². The van der Waals surface area contributed by atoms with Gasteiger partial charge in [0, 0.05) is 10.7 Å². The number of rotatable bonds is 4. The summed E-state index contributed by atoms with van der Waals surface area (Å²) in [5.74, 6) is -0.0431. The molecule has 2 aromatic rings. The maximum atomic E-state index is 11.8. The van der Waals surface area contributed by atoms with Crippen LogP contribution in [0.1, 0.15) is 17.3 Å². The highest BCUT2D eigenvalue weighted by molar-refractivity contribution is 6.30.